The van der Waals surface area contributed by atoms with Gasteiger partial charge in [-0.15, -0.1) is 0 Å². The van der Waals surface area contributed by atoms with Crippen molar-refractivity contribution < 1.29 is 48.1 Å². The second kappa shape index (κ2) is 8.87. The molecule has 22 heavy (non-hydrogen) atoms. The number of hydrogen-bond acceptors (Lipinski definition) is 0. The van der Waals surface area contributed by atoms with E-state index in [1.165, 1.54) is 14.7 Å². The van der Waals surface area contributed by atoms with E-state index in [1.807, 2.05) is 0 Å². The molecule has 2 atom stereocenters. The van der Waals surface area contributed by atoms with E-state index in [0.29, 0.717) is 11.5 Å². The molecule has 0 radical (unpaired) electrons. The summed E-state index contributed by atoms with van der Waals surface area (Å²) in [5, 5.41) is 0. The first-order chi connectivity index (χ1) is 9.03. The van der Waals surface area contributed by atoms with Crippen LogP contribution in [0.2, 0.25) is 12.1 Å². The average Bonchev–Trinajstić information content (AvgIpc) is 2.54. The van der Waals surface area contributed by atoms with E-state index < -0.39 is 8.96 Å². The number of quaternary nitrogens is 1. The van der Waals surface area contributed by atoms with Gasteiger partial charge in [0, 0.05) is 0 Å². The molecule has 0 aliphatic heterocycles. The third-order valence-corrected chi connectivity index (χ3v) is 12.7. The van der Waals surface area contributed by atoms with Crippen molar-refractivity contribution in [3.05, 3.63) is 22.4 Å². The van der Waals surface area contributed by atoms with Gasteiger partial charge in [0.1, 0.15) is 0 Å². The van der Waals surface area contributed by atoms with Gasteiger partial charge in [0.05, 0.1) is 0 Å². The van der Waals surface area contributed by atoms with Crippen LogP contribution < -0.4 is 24.8 Å². The molecule has 0 aromatic carbocycles. The van der Waals surface area contributed by atoms with Gasteiger partial charge < -0.3 is 24.8 Å². The molecule has 0 heterocycles. The zero-order valence-corrected chi connectivity index (χ0v) is 20.0. The second-order valence-corrected chi connectivity index (χ2v) is 13.0. The van der Waals surface area contributed by atoms with Gasteiger partial charge in [0.2, 0.25) is 0 Å². The van der Waals surface area contributed by atoms with Crippen LogP contribution in [0.5, 0.6) is 0 Å². The molecule has 0 N–H and O–H groups in total. The Morgan fingerprint density at radius 3 is 1.64 bits per heavy atom. The maximum Gasteiger partial charge on any atom is -1.00 e. The number of allylic oxidation sites excluding steroid dienone is 3. The van der Waals surface area contributed by atoms with Crippen molar-refractivity contribution in [2.24, 2.45) is 5.92 Å². The first kappa shape index (κ1) is 25.2. The van der Waals surface area contributed by atoms with Crippen LogP contribution in [0.3, 0.4) is 0 Å². The molecule has 0 bridgehead atoms. The molecule has 1 rings (SSSR count). The van der Waals surface area contributed by atoms with Crippen molar-refractivity contribution in [3.8, 4) is 0 Å². The first-order valence-electron chi connectivity index (χ1n) is 8.06. The van der Waals surface area contributed by atoms with Crippen molar-refractivity contribution >= 4 is 8.96 Å². The van der Waals surface area contributed by atoms with Crippen molar-refractivity contribution in [3.63, 3.8) is 0 Å². The summed E-state index contributed by atoms with van der Waals surface area (Å²) < 4.78 is 1.22. The van der Waals surface area contributed by atoms with Gasteiger partial charge in [-0.05, 0) is 0 Å². The summed E-state index contributed by atoms with van der Waals surface area (Å²) in [4.78, 5) is 0. The van der Waals surface area contributed by atoms with Crippen LogP contribution >= 0.6 is 0 Å². The molecule has 2 unspecified atom stereocenters. The van der Waals surface area contributed by atoms with Gasteiger partial charge in [-0.1, -0.05) is 0 Å². The molecule has 0 saturated carbocycles. The minimum absolute atomic E-state index is 0. The molecule has 0 amide bonds. The van der Waals surface area contributed by atoms with Gasteiger partial charge in [0.25, 0.3) is 0 Å². The summed E-state index contributed by atoms with van der Waals surface area (Å²) in [6.07, 6.45) is 0. The summed E-state index contributed by atoms with van der Waals surface area (Å²) in [7, 11) is -0.879. The zero-order valence-electron chi connectivity index (χ0n) is 15.8. The Kier molecular flexibility index (Phi) is 10.2. The maximum absolute atomic E-state index is 2.53. The Bertz CT molecular complexity index is 450. The number of hydrogen-bond donors (Lipinski definition) is 0. The van der Waals surface area contributed by atoms with Crippen molar-refractivity contribution in [1.29, 1.82) is 0 Å². The second-order valence-electron chi connectivity index (χ2n) is 7.40. The largest absolute Gasteiger partial charge is 1.00 e. The quantitative estimate of drug-likeness (QED) is 0.539. The molecular formula is C17H33Cl2NSiTi-. The van der Waals surface area contributed by atoms with E-state index in [9.17, 15) is 0 Å². The number of halogens is 2. The van der Waals surface area contributed by atoms with Crippen LogP contribution in [-0.4, -0.2) is 17.1 Å². The van der Waals surface area contributed by atoms with Crippen LogP contribution in [0.4, 0.5) is 0 Å². The molecule has 0 spiro atoms. The Labute approximate surface area is 164 Å². The minimum atomic E-state index is -0.879. The molecule has 0 aromatic heterocycles. The zero-order chi connectivity index (χ0) is 15.9. The molecule has 1 nitrogen and oxygen atoms in total. The van der Waals surface area contributed by atoms with E-state index in [0.717, 1.165) is 0 Å². The van der Waals surface area contributed by atoms with Crippen molar-refractivity contribution in [2.45, 2.75) is 79.9 Å². The van der Waals surface area contributed by atoms with Gasteiger partial charge >= 0.3 is 141 Å². The number of rotatable bonds is 4. The van der Waals surface area contributed by atoms with Crippen LogP contribution in [0, 0.1) is 5.92 Å². The number of nitrogens with zero attached hydrogens (tertiary/aromatic N) is 1. The maximum atomic E-state index is 2.53. The van der Waals surface area contributed by atoms with Crippen LogP contribution in [0.25, 0.3) is 0 Å². The molecule has 0 fully saturated rings. The third kappa shape index (κ3) is 3.95. The van der Waals surface area contributed by atoms with E-state index in [4.69, 9.17) is 0 Å². The SMILES string of the molecule is CC[SiH](CC)[N+]([Ti])(C1=C(C)C(C)=C(C)C1C)C(C)(C)C.[Cl-].[Cl-]. The first-order valence-corrected chi connectivity index (χ1v) is 10.9. The standard InChI is InChI=1S/C17H33NSi.2ClH.Ti/c1-10-19(11-2)18(17(7,8)9)16-14(5)12(3)13(4)15(16)6;;;/h14,19H,10-11H2,1-9H3;2*1H;/q;;;+1/p-2. The molecule has 5 heteroatoms. The van der Waals surface area contributed by atoms with Gasteiger partial charge in [-0.25, -0.2) is 0 Å². The monoisotopic (exact) mass is 397 g/mol. The van der Waals surface area contributed by atoms with Gasteiger partial charge in [-0.3, -0.25) is 0 Å². The van der Waals surface area contributed by atoms with Crippen LogP contribution in [-0.2, 0) is 20.7 Å². The fraction of sp³-hybridized carbons (Fsp3) is 0.765. The average molecular weight is 398 g/mol. The Morgan fingerprint density at radius 1 is 1.00 bits per heavy atom. The summed E-state index contributed by atoms with van der Waals surface area (Å²) in [5.74, 6) is 0.618. The summed E-state index contributed by atoms with van der Waals surface area (Å²) in [5.41, 5.74) is 6.71. The van der Waals surface area contributed by atoms with E-state index in [-0.39, 0.29) is 24.8 Å². The fourth-order valence-electron chi connectivity index (χ4n) is 3.85. The normalized spacial score (nSPS) is 21.6. The predicted octanol–water partition coefficient (Wildman–Crippen LogP) is -0.905. The minimum Gasteiger partial charge on any atom is -1.00 e. The molecule has 129 valence electrons. The van der Waals surface area contributed by atoms with Crippen LogP contribution in [0.15, 0.2) is 22.4 Å². The Morgan fingerprint density at radius 2 is 1.41 bits per heavy atom. The third-order valence-electron chi connectivity index (χ3n) is 5.53. The van der Waals surface area contributed by atoms with Crippen molar-refractivity contribution in [2.75, 3.05) is 0 Å². The summed E-state index contributed by atoms with van der Waals surface area (Å²) in [6, 6.07) is 2.76. The van der Waals surface area contributed by atoms with E-state index in [2.05, 4.69) is 83.0 Å². The van der Waals surface area contributed by atoms with Crippen LogP contribution in [0.1, 0.15) is 62.3 Å². The predicted molar refractivity (Wildman–Crippen MR) is 88.4 cm³/mol. The van der Waals surface area contributed by atoms with E-state index >= 15 is 0 Å². The van der Waals surface area contributed by atoms with E-state index in [1.54, 1.807) is 22.4 Å². The fourth-order valence-corrected chi connectivity index (χ4v) is 9.71. The molecule has 0 saturated heterocycles. The van der Waals surface area contributed by atoms with Gasteiger partial charge in [0.15, 0.2) is 0 Å². The molecule has 1 aliphatic carbocycles. The Balaban J connectivity index is 0. The molecule has 1 aliphatic rings. The summed E-state index contributed by atoms with van der Waals surface area (Å²) >= 11 is 2.53. The smallest absolute Gasteiger partial charge is 1.00 e. The topological polar surface area (TPSA) is 0 Å². The molecule has 0 aromatic rings. The van der Waals surface area contributed by atoms with Crippen molar-refractivity contribution in [1.82, 2.24) is 0 Å². The summed E-state index contributed by atoms with van der Waals surface area (Å²) in [6.45, 7) is 21.6. The van der Waals surface area contributed by atoms with Gasteiger partial charge in [-0.2, -0.15) is 0 Å². The Hall–Kier alpha value is 0.951. The molecular weight excluding hydrogens is 365 g/mol.